The van der Waals surface area contributed by atoms with Crippen LogP contribution < -0.4 is 0 Å². The quantitative estimate of drug-likeness (QED) is 0.643. The lowest BCUT2D eigenvalue weighted by molar-refractivity contribution is 0.476. The van der Waals surface area contributed by atoms with Crippen molar-refractivity contribution in [2.24, 2.45) is 0 Å². The second-order valence-electron chi connectivity index (χ2n) is 2.73. The molecule has 0 bridgehead atoms. The van der Waals surface area contributed by atoms with Gasteiger partial charge in [-0.05, 0) is 17.7 Å². The molecule has 1 unspecified atom stereocenters. The van der Waals surface area contributed by atoms with E-state index in [1.807, 2.05) is 0 Å². The van der Waals surface area contributed by atoms with E-state index in [1.54, 1.807) is 18.2 Å². The molecule has 0 radical (unpaired) electrons. The minimum absolute atomic E-state index is 0.398. The monoisotopic (exact) mass is 232 g/mol. The van der Waals surface area contributed by atoms with Crippen LogP contribution in [-0.4, -0.2) is 13.0 Å². The summed E-state index contributed by atoms with van der Waals surface area (Å²) in [4.78, 5) is 0. The first kappa shape index (κ1) is 11.2. The fraction of sp³-hybridized carbons (Fsp3) is 0.111. The highest BCUT2D eigenvalue weighted by atomic mass is 35.5. The van der Waals surface area contributed by atoms with Crippen LogP contribution in [0.4, 0.5) is 0 Å². The fourth-order valence-electron chi connectivity index (χ4n) is 1.11. The van der Waals surface area contributed by atoms with Crippen LogP contribution >= 0.6 is 11.6 Å². The van der Waals surface area contributed by atoms with Crippen LogP contribution in [0, 0.1) is 0 Å². The molecule has 0 spiro atoms. The second-order valence-corrected chi connectivity index (χ2v) is 4.70. The van der Waals surface area contributed by atoms with E-state index in [0.29, 0.717) is 10.6 Å². The zero-order chi connectivity index (χ0) is 10.8. The van der Waals surface area contributed by atoms with Gasteiger partial charge in [0.15, 0.2) is 0 Å². The number of rotatable bonds is 3. The van der Waals surface area contributed by atoms with Crippen LogP contribution in [0.3, 0.4) is 0 Å². The van der Waals surface area contributed by atoms with Gasteiger partial charge in [0.1, 0.15) is 5.25 Å². The van der Waals surface area contributed by atoms with Crippen molar-refractivity contribution in [1.29, 1.82) is 0 Å². The molecule has 1 atom stereocenters. The number of benzene rings is 1. The maximum absolute atomic E-state index is 10.9. The summed E-state index contributed by atoms with van der Waals surface area (Å²) in [5.41, 5.74) is 0.398. The molecule has 14 heavy (non-hydrogen) atoms. The molecule has 5 heteroatoms. The van der Waals surface area contributed by atoms with Gasteiger partial charge in [-0.15, -0.1) is 6.58 Å². The molecule has 1 N–H and O–H groups in total. The molecule has 0 aliphatic rings. The highest BCUT2D eigenvalue weighted by Crippen LogP contribution is 2.24. The molecule has 0 aliphatic carbocycles. The Morgan fingerprint density at radius 1 is 1.50 bits per heavy atom. The second kappa shape index (κ2) is 4.13. The first-order valence-corrected chi connectivity index (χ1v) is 5.67. The van der Waals surface area contributed by atoms with Crippen LogP contribution in [0.25, 0.3) is 0 Å². The molecule has 1 aromatic carbocycles. The van der Waals surface area contributed by atoms with Crippen LogP contribution in [0.1, 0.15) is 10.8 Å². The first-order valence-electron chi connectivity index (χ1n) is 3.79. The van der Waals surface area contributed by atoms with E-state index in [0.717, 1.165) is 6.08 Å². The maximum Gasteiger partial charge on any atom is 0.275 e. The third kappa shape index (κ3) is 2.57. The van der Waals surface area contributed by atoms with E-state index in [4.69, 9.17) is 16.2 Å². The molecule has 0 aliphatic heterocycles. The van der Waals surface area contributed by atoms with Gasteiger partial charge in [0.2, 0.25) is 0 Å². The van der Waals surface area contributed by atoms with E-state index in [-0.39, 0.29) is 0 Å². The van der Waals surface area contributed by atoms with Crippen molar-refractivity contribution in [3.63, 3.8) is 0 Å². The van der Waals surface area contributed by atoms with Crippen molar-refractivity contribution in [3.8, 4) is 0 Å². The number of hydrogen-bond donors (Lipinski definition) is 1. The van der Waals surface area contributed by atoms with E-state index in [2.05, 4.69) is 6.58 Å². The molecule has 0 saturated carbocycles. The molecule has 1 aromatic rings. The Kier molecular flexibility index (Phi) is 3.31. The topological polar surface area (TPSA) is 54.4 Å². The average Bonchev–Trinajstić information content (AvgIpc) is 2.02. The van der Waals surface area contributed by atoms with Gasteiger partial charge in [-0.2, -0.15) is 8.42 Å². The summed E-state index contributed by atoms with van der Waals surface area (Å²) in [6.45, 7) is 3.35. The van der Waals surface area contributed by atoms with Crippen LogP contribution in [-0.2, 0) is 10.1 Å². The molecule has 0 aromatic heterocycles. The Morgan fingerprint density at radius 2 is 2.14 bits per heavy atom. The lowest BCUT2D eigenvalue weighted by Gasteiger charge is -2.09. The zero-order valence-electron chi connectivity index (χ0n) is 7.22. The maximum atomic E-state index is 10.9. The molecule has 76 valence electrons. The van der Waals surface area contributed by atoms with Crippen LogP contribution in [0.5, 0.6) is 0 Å². The fourth-order valence-corrected chi connectivity index (χ4v) is 2.05. The van der Waals surface area contributed by atoms with Gasteiger partial charge in [-0.3, -0.25) is 4.55 Å². The van der Waals surface area contributed by atoms with Gasteiger partial charge >= 0.3 is 0 Å². The Morgan fingerprint density at radius 3 is 2.57 bits per heavy atom. The van der Waals surface area contributed by atoms with E-state index >= 15 is 0 Å². The summed E-state index contributed by atoms with van der Waals surface area (Å²) in [6.07, 6.45) is 1.15. The van der Waals surface area contributed by atoms with Crippen LogP contribution in [0.15, 0.2) is 36.9 Å². The molecule has 0 heterocycles. The molecule has 0 amide bonds. The molecule has 1 rings (SSSR count). The van der Waals surface area contributed by atoms with Gasteiger partial charge in [-0.25, -0.2) is 0 Å². The van der Waals surface area contributed by atoms with Crippen molar-refractivity contribution in [2.45, 2.75) is 5.25 Å². The van der Waals surface area contributed by atoms with Gasteiger partial charge in [0.05, 0.1) is 0 Å². The standard InChI is InChI=1S/C9H9ClO3S/c1-2-9(14(11,12)13)7-4-3-5-8(10)6-7/h2-6,9H,1H2,(H,11,12,13). The van der Waals surface area contributed by atoms with Crippen molar-refractivity contribution in [3.05, 3.63) is 47.5 Å². The first-order chi connectivity index (χ1) is 6.45. The van der Waals surface area contributed by atoms with E-state index in [9.17, 15) is 8.42 Å². The summed E-state index contributed by atoms with van der Waals surface area (Å²) in [5.74, 6) is 0. The van der Waals surface area contributed by atoms with E-state index < -0.39 is 15.4 Å². The molecule has 0 fully saturated rings. The highest BCUT2D eigenvalue weighted by Gasteiger charge is 2.21. The lowest BCUT2D eigenvalue weighted by atomic mass is 10.1. The normalized spacial score (nSPS) is 13.6. The SMILES string of the molecule is C=CC(c1cccc(Cl)c1)S(=O)(=O)O. The Hall–Kier alpha value is -0.840. The third-order valence-electron chi connectivity index (χ3n) is 1.71. The molecular formula is C9H9ClO3S. The summed E-state index contributed by atoms with van der Waals surface area (Å²) >= 11 is 5.69. The molecule has 3 nitrogen and oxygen atoms in total. The Labute approximate surface area is 87.8 Å². The zero-order valence-corrected chi connectivity index (χ0v) is 8.79. The lowest BCUT2D eigenvalue weighted by Crippen LogP contribution is -2.09. The third-order valence-corrected chi connectivity index (χ3v) is 3.05. The summed E-state index contributed by atoms with van der Waals surface area (Å²) in [5, 5.41) is -0.709. The molecule has 0 saturated heterocycles. The van der Waals surface area contributed by atoms with Gasteiger partial charge in [0, 0.05) is 5.02 Å². The van der Waals surface area contributed by atoms with Crippen molar-refractivity contribution < 1.29 is 13.0 Å². The average molecular weight is 233 g/mol. The number of hydrogen-bond acceptors (Lipinski definition) is 2. The number of halogens is 1. The Bertz CT molecular complexity index is 439. The highest BCUT2D eigenvalue weighted by molar-refractivity contribution is 7.86. The smallest absolute Gasteiger partial charge is 0.275 e. The Balaban J connectivity index is 3.21. The van der Waals surface area contributed by atoms with Gasteiger partial charge in [0.25, 0.3) is 10.1 Å². The van der Waals surface area contributed by atoms with Crippen molar-refractivity contribution >= 4 is 21.7 Å². The van der Waals surface area contributed by atoms with Gasteiger partial charge in [-0.1, -0.05) is 29.8 Å². The molecular weight excluding hydrogens is 224 g/mol. The minimum atomic E-state index is -4.16. The van der Waals surface area contributed by atoms with Gasteiger partial charge < -0.3 is 0 Å². The summed E-state index contributed by atoms with van der Waals surface area (Å²) < 4.78 is 30.7. The van der Waals surface area contributed by atoms with Crippen molar-refractivity contribution in [2.75, 3.05) is 0 Å². The predicted octanol–water partition coefficient (Wildman–Crippen LogP) is 2.45. The van der Waals surface area contributed by atoms with Crippen LogP contribution in [0.2, 0.25) is 5.02 Å². The minimum Gasteiger partial charge on any atom is -0.285 e. The van der Waals surface area contributed by atoms with Crippen molar-refractivity contribution in [1.82, 2.24) is 0 Å². The largest absolute Gasteiger partial charge is 0.285 e. The summed E-state index contributed by atoms with van der Waals surface area (Å²) in [6, 6.07) is 6.27. The van der Waals surface area contributed by atoms with E-state index in [1.165, 1.54) is 6.07 Å². The predicted molar refractivity (Wildman–Crippen MR) is 55.9 cm³/mol. The summed E-state index contributed by atoms with van der Waals surface area (Å²) in [7, 11) is -4.16.